The molecule has 0 aliphatic carbocycles. The summed E-state index contributed by atoms with van der Waals surface area (Å²) in [6.07, 6.45) is 7.04. The van der Waals surface area contributed by atoms with E-state index in [9.17, 15) is 0 Å². The van der Waals surface area contributed by atoms with Crippen LogP contribution in [0.15, 0.2) is 24.3 Å². The van der Waals surface area contributed by atoms with Crippen molar-refractivity contribution in [3.05, 3.63) is 46.5 Å². The van der Waals surface area contributed by atoms with Crippen molar-refractivity contribution < 1.29 is 18.9 Å². The standard InChI is InChI=1S/C37H51BrO4/c1-8-11-20-39-34-25-31(35(40-21-12-9-2)24-30(34)16-15-28(4)5)17-18-32-26-37(42-23-14-19-38)33(29(6)7)27-36(32)41-22-13-10-3/h24-29H,8-14,19-23H2,1-7H3. The van der Waals surface area contributed by atoms with Gasteiger partial charge in [-0.15, -0.1) is 0 Å². The van der Waals surface area contributed by atoms with E-state index < -0.39 is 0 Å². The van der Waals surface area contributed by atoms with Crippen LogP contribution >= 0.6 is 15.9 Å². The van der Waals surface area contributed by atoms with Gasteiger partial charge < -0.3 is 18.9 Å². The maximum Gasteiger partial charge on any atom is 0.136 e. The van der Waals surface area contributed by atoms with Crippen molar-refractivity contribution in [2.75, 3.05) is 31.8 Å². The van der Waals surface area contributed by atoms with E-state index in [2.05, 4.69) is 94.1 Å². The molecule has 5 heteroatoms. The molecule has 0 radical (unpaired) electrons. The Kier molecular flexibility index (Phi) is 17.0. The minimum Gasteiger partial charge on any atom is -0.493 e. The highest BCUT2D eigenvalue weighted by molar-refractivity contribution is 9.09. The molecule has 2 aromatic rings. The van der Waals surface area contributed by atoms with Crippen molar-refractivity contribution in [1.82, 2.24) is 0 Å². The first-order chi connectivity index (χ1) is 20.3. The average Bonchev–Trinajstić information content (AvgIpc) is 2.96. The van der Waals surface area contributed by atoms with Gasteiger partial charge in [-0.3, -0.25) is 0 Å². The zero-order valence-corrected chi connectivity index (χ0v) is 28.5. The Hall–Kier alpha value is -2.76. The van der Waals surface area contributed by atoms with Crippen molar-refractivity contribution in [3.8, 4) is 46.7 Å². The second kappa shape index (κ2) is 20.2. The highest BCUT2D eigenvalue weighted by Crippen LogP contribution is 2.35. The lowest BCUT2D eigenvalue weighted by Gasteiger charge is -2.18. The molecule has 2 rings (SSSR count). The van der Waals surface area contributed by atoms with Gasteiger partial charge in [-0.2, -0.15) is 0 Å². The summed E-state index contributed by atoms with van der Waals surface area (Å²) >= 11 is 3.51. The summed E-state index contributed by atoms with van der Waals surface area (Å²) in [7, 11) is 0. The van der Waals surface area contributed by atoms with Crippen LogP contribution in [0.5, 0.6) is 23.0 Å². The molecule has 42 heavy (non-hydrogen) atoms. The smallest absolute Gasteiger partial charge is 0.136 e. The number of halogens is 1. The first-order valence-electron chi connectivity index (χ1n) is 15.8. The number of alkyl halides is 1. The van der Waals surface area contributed by atoms with Crippen LogP contribution in [0.4, 0.5) is 0 Å². The molecule has 0 spiro atoms. The Morgan fingerprint density at radius 3 is 1.40 bits per heavy atom. The van der Waals surface area contributed by atoms with Crippen LogP contribution < -0.4 is 18.9 Å². The highest BCUT2D eigenvalue weighted by atomic mass is 79.9. The van der Waals surface area contributed by atoms with Gasteiger partial charge in [0.05, 0.1) is 43.1 Å². The van der Waals surface area contributed by atoms with E-state index in [4.69, 9.17) is 18.9 Å². The molecule has 0 atom stereocenters. The normalized spacial score (nSPS) is 10.6. The molecule has 0 bridgehead atoms. The fourth-order valence-electron chi connectivity index (χ4n) is 3.94. The van der Waals surface area contributed by atoms with E-state index in [1.54, 1.807) is 0 Å². The number of unbranched alkanes of at least 4 members (excludes halogenated alkanes) is 3. The van der Waals surface area contributed by atoms with Gasteiger partial charge in [-0.25, -0.2) is 0 Å². The summed E-state index contributed by atoms with van der Waals surface area (Å²) in [5.74, 6) is 17.1. The molecule has 0 saturated carbocycles. The third kappa shape index (κ3) is 12.2. The van der Waals surface area contributed by atoms with Crippen LogP contribution in [0.1, 0.15) is 122 Å². The summed E-state index contributed by atoms with van der Waals surface area (Å²) in [4.78, 5) is 0. The monoisotopic (exact) mass is 638 g/mol. The van der Waals surface area contributed by atoms with E-state index in [1.807, 2.05) is 18.2 Å². The van der Waals surface area contributed by atoms with Crippen molar-refractivity contribution in [2.24, 2.45) is 5.92 Å². The third-order valence-electron chi connectivity index (χ3n) is 6.45. The van der Waals surface area contributed by atoms with E-state index >= 15 is 0 Å². The molecule has 0 heterocycles. The van der Waals surface area contributed by atoms with Crippen molar-refractivity contribution >= 4 is 15.9 Å². The Morgan fingerprint density at radius 2 is 0.976 bits per heavy atom. The Bertz CT molecular complexity index is 1210. The Labute approximate surface area is 264 Å². The van der Waals surface area contributed by atoms with E-state index in [1.165, 1.54) is 0 Å². The number of hydrogen-bond donors (Lipinski definition) is 0. The number of benzene rings is 2. The minimum absolute atomic E-state index is 0.253. The molecule has 0 saturated heterocycles. The van der Waals surface area contributed by atoms with E-state index in [0.29, 0.717) is 32.3 Å². The molecule has 0 aromatic heterocycles. The zero-order valence-electron chi connectivity index (χ0n) is 27.0. The van der Waals surface area contributed by atoms with Crippen LogP contribution in [-0.4, -0.2) is 31.8 Å². The largest absolute Gasteiger partial charge is 0.493 e. The summed E-state index contributed by atoms with van der Waals surface area (Å²) in [5.41, 5.74) is 3.55. The van der Waals surface area contributed by atoms with E-state index in [-0.39, 0.29) is 5.92 Å². The minimum atomic E-state index is 0.253. The fraction of sp³-hybridized carbons (Fsp3) is 0.568. The number of hydrogen-bond acceptors (Lipinski definition) is 4. The van der Waals surface area contributed by atoms with Crippen LogP contribution in [0.2, 0.25) is 0 Å². The highest BCUT2D eigenvalue weighted by Gasteiger charge is 2.15. The maximum absolute atomic E-state index is 6.27. The third-order valence-corrected chi connectivity index (χ3v) is 7.01. The van der Waals surface area contributed by atoms with Gasteiger partial charge in [-0.05, 0) is 43.7 Å². The lowest BCUT2D eigenvalue weighted by molar-refractivity contribution is 0.299. The number of rotatable bonds is 17. The molecule has 0 unspecified atom stereocenters. The van der Waals surface area contributed by atoms with Crippen LogP contribution in [0.3, 0.4) is 0 Å². The predicted octanol–water partition coefficient (Wildman–Crippen LogP) is 9.92. The second-order valence-electron chi connectivity index (χ2n) is 11.1. The predicted molar refractivity (Wildman–Crippen MR) is 180 cm³/mol. The van der Waals surface area contributed by atoms with Crippen molar-refractivity contribution in [3.63, 3.8) is 0 Å². The van der Waals surface area contributed by atoms with E-state index in [0.717, 1.165) is 95.5 Å². The summed E-state index contributed by atoms with van der Waals surface area (Å²) in [6, 6.07) is 8.13. The lowest BCUT2D eigenvalue weighted by Crippen LogP contribution is -2.05. The van der Waals surface area contributed by atoms with Gasteiger partial charge in [0.2, 0.25) is 0 Å². The van der Waals surface area contributed by atoms with Crippen LogP contribution in [-0.2, 0) is 0 Å². The molecule has 0 aliphatic heterocycles. The first kappa shape index (κ1) is 35.4. The van der Waals surface area contributed by atoms with Gasteiger partial charge in [0.15, 0.2) is 0 Å². The zero-order chi connectivity index (χ0) is 30.7. The summed E-state index contributed by atoms with van der Waals surface area (Å²) < 4.78 is 25.0. The van der Waals surface area contributed by atoms with Gasteiger partial charge in [0.1, 0.15) is 23.0 Å². The van der Waals surface area contributed by atoms with Gasteiger partial charge in [-0.1, -0.05) is 107 Å². The molecule has 0 fully saturated rings. The molecule has 0 aliphatic rings. The van der Waals surface area contributed by atoms with Crippen LogP contribution in [0, 0.1) is 29.6 Å². The maximum atomic E-state index is 6.27. The molecule has 4 nitrogen and oxygen atoms in total. The Balaban J connectivity index is 2.67. The molecule has 2 aromatic carbocycles. The van der Waals surface area contributed by atoms with Gasteiger partial charge in [0.25, 0.3) is 0 Å². The van der Waals surface area contributed by atoms with Crippen molar-refractivity contribution in [1.29, 1.82) is 0 Å². The molecule has 0 N–H and O–H groups in total. The van der Waals surface area contributed by atoms with Gasteiger partial charge in [0, 0.05) is 28.9 Å². The SMILES string of the molecule is CCCCOc1cc(C#CC(C)C)c(OCCCC)cc1C#Cc1cc(OCCCBr)c(C(C)C)cc1OCCCC. The lowest BCUT2D eigenvalue weighted by atomic mass is 9.99. The summed E-state index contributed by atoms with van der Waals surface area (Å²) in [5, 5.41) is 0.899. The molecule has 0 amide bonds. The van der Waals surface area contributed by atoms with Crippen molar-refractivity contribution in [2.45, 2.75) is 99.3 Å². The summed E-state index contributed by atoms with van der Waals surface area (Å²) in [6.45, 7) is 17.6. The first-order valence-corrected chi connectivity index (χ1v) is 16.9. The van der Waals surface area contributed by atoms with Gasteiger partial charge >= 0.3 is 0 Å². The quantitative estimate of drug-likeness (QED) is 0.0981. The molecular weight excluding hydrogens is 588 g/mol. The van der Waals surface area contributed by atoms with Crippen LogP contribution in [0.25, 0.3) is 0 Å². The fourth-order valence-corrected chi connectivity index (χ4v) is 4.16. The Morgan fingerprint density at radius 1 is 0.571 bits per heavy atom. The number of ether oxygens (including phenoxy) is 4. The average molecular weight is 640 g/mol. The molecule has 230 valence electrons. The molecular formula is C37H51BrO4. The second-order valence-corrected chi connectivity index (χ2v) is 11.8. The topological polar surface area (TPSA) is 36.9 Å².